The van der Waals surface area contributed by atoms with Gasteiger partial charge in [0.2, 0.25) is 0 Å². The molecule has 0 aromatic carbocycles. The van der Waals surface area contributed by atoms with Gasteiger partial charge in [-0.05, 0) is 61.5 Å². The average Bonchev–Trinajstić information content (AvgIpc) is 2.84. The summed E-state index contributed by atoms with van der Waals surface area (Å²) in [6.07, 6.45) is 8.94. The summed E-state index contributed by atoms with van der Waals surface area (Å²) in [5, 5.41) is 20.7. The van der Waals surface area contributed by atoms with Gasteiger partial charge in [0.15, 0.2) is 5.78 Å². The van der Waals surface area contributed by atoms with Crippen molar-refractivity contribution in [1.29, 1.82) is 0 Å². The summed E-state index contributed by atoms with van der Waals surface area (Å²) in [7, 11) is 0. The molecule has 4 heteroatoms. The Morgan fingerprint density at radius 1 is 1.25 bits per heavy atom. The molecule has 0 heterocycles. The first kappa shape index (κ1) is 16.1. The molecule has 4 nitrogen and oxygen atoms in total. The van der Waals surface area contributed by atoms with Gasteiger partial charge < -0.3 is 10.2 Å². The first-order chi connectivity index (χ1) is 11.3. The molecule has 4 rings (SSSR count). The van der Waals surface area contributed by atoms with Crippen LogP contribution in [-0.2, 0) is 9.59 Å². The van der Waals surface area contributed by atoms with Crippen molar-refractivity contribution in [1.82, 2.24) is 0 Å². The molecule has 0 amide bonds. The summed E-state index contributed by atoms with van der Waals surface area (Å²) in [4.78, 5) is 23.5. The van der Waals surface area contributed by atoms with Crippen LogP contribution < -0.4 is 0 Å². The van der Waals surface area contributed by atoms with Gasteiger partial charge in [0.1, 0.15) is 0 Å². The van der Waals surface area contributed by atoms with Crippen LogP contribution in [0, 0.1) is 34.5 Å². The minimum absolute atomic E-state index is 0.0443. The van der Waals surface area contributed by atoms with Crippen molar-refractivity contribution in [3.63, 3.8) is 0 Å². The number of aliphatic hydroxyl groups excluding tert-OH is 1. The molecule has 0 aliphatic heterocycles. The van der Waals surface area contributed by atoms with Crippen LogP contribution in [0.1, 0.15) is 46.0 Å². The van der Waals surface area contributed by atoms with Crippen molar-refractivity contribution >= 4 is 11.8 Å². The number of rotatable bonds is 1. The fraction of sp³-hybridized carbons (Fsp3) is 0.700. The molecular formula is C20H26O4. The Hall–Kier alpha value is -1.42. The number of carboxylic acid groups (broad SMARTS) is 1. The topological polar surface area (TPSA) is 74.6 Å². The van der Waals surface area contributed by atoms with Crippen LogP contribution in [0.4, 0.5) is 0 Å². The zero-order valence-electron chi connectivity index (χ0n) is 14.4. The van der Waals surface area contributed by atoms with E-state index in [9.17, 15) is 19.8 Å². The molecule has 2 N–H and O–H groups in total. The fourth-order valence-electron chi connectivity index (χ4n) is 6.73. The Morgan fingerprint density at radius 2 is 2.00 bits per heavy atom. The molecule has 0 radical (unpaired) electrons. The van der Waals surface area contributed by atoms with Gasteiger partial charge in [0.25, 0.3) is 0 Å². The summed E-state index contributed by atoms with van der Waals surface area (Å²) < 4.78 is 0. The predicted molar refractivity (Wildman–Crippen MR) is 89.1 cm³/mol. The molecule has 24 heavy (non-hydrogen) atoms. The average molecular weight is 330 g/mol. The summed E-state index contributed by atoms with van der Waals surface area (Å²) in [6.45, 7) is 4.23. The van der Waals surface area contributed by atoms with Gasteiger partial charge in [0.05, 0.1) is 12.0 Å². The van der Waals surface area contributed by atoms with E-state index in [4.69, 9.17) is 0 Å². The monoisotopic (exact) mass is 330 g/mol. The van der Waals surface area contributed by atoms with Gasteiger partial charge in [-0.1, -0.05) is 25.5 Å². The first-order valence-corrected chi connectivity index (χ1v) is 9.12. The van der Waals surface area contributed by atoms with E-state index < -0.39 is 12.1 Å². The normalized spacial score (nSPS) is 49.9. The second-order valence-corrected chi connectivity index (χ2v) is 8.77. The van der Waals surface area contributed by atoms with Crippen LogP contribution in [0.2, 0.25) is 0 Å². The lowest BCUT2D eigenvalue weighted by Gasteiger charge is -2.58. The van der Waals surface area contributed by atoms with E-state index in [2.05, 4.69) is 13.8 Å². The molecule has 3 saturated carbocycles. The first-order valence-electron chi connectivity index (χ1n) is 9.12. The smallest absolute Gasteiger partial charge is 0.307 e. The summed E-state index contributed by atoms with van der Waals surface area (Å²) in [5.41, 5.74) is 0.573. The van der Waals surface area contributed by atoms with Crippen molar-refractivity contribution in [2.24, 2.45) is 34.5 Å². The zero-order valence-corrected chi connectivity index (χ0v) is 14.4. The molecule has 0 saturated heterocycles. The van der Waals surface area contributed by atoms with Gasteiger partial charge in [-0.15, -0.1) is 0 Å². The second kappa shape index (κ2) is 5.04. The fourth-order valence-corrected chi connectivity index (χ4v) is 6.73. The number of aliphatic hydroxyl groups is 1. The lowest BCUT2D eigenvalue weighted by molar-refractivity contribution is -0.155. The van der Waals surface area contributed by atoms with E-state index >= 15 is 0 Å². The minimum Gasteiger partial charge on any atom is -0.481 e. The Morgan fingerprint density at radius 3 is 2.71 bits per heavy atom. The maximum atomic E-state index is 11.8. The van der Waals surface area contributed by atoms with Crippen LogP contribution in [0.3, 0.4) is 0 Å². The zero-order chi connectivity index (χ0) is 17.3. The predicted octanol–water partition coefficient (Wildman–Crippen LogP) is 2.97. The number of hydrogen-bond donors (Lipinski definition) is 2. The Kier molecular flexibility index (Phi) is 3.38. The number of carbonyl (C=O) groups is 2. The number of aliphatic carboxylic acids is 1. The van der Waals surface area contributed by atoms with E-state index in [0.29, 0.717) is 18.3 Å². The maximum Gasteiger partial charge on any atom is 0.307 e. The SMILES string of the molecule is C[C@]12C=CC(=O)C=C1CC[C@@H]1[C@@H]2C(O)C[C@]2(C)C(C(=O)O)CC[C@@H]12. The second-order valence-electron chi connectivity index (χ2n) is 8.77. The molecular weight excluding hydrogens is 304 g/mol. The highest BCUT2D eigenvalue weighted by Gasteiger charge is 2.62. The van der Waals surface area contributed by atoms with E-state index in [-0.39, 0.29) is 28.4 Å². The molecule has 7 atom stereocenters. The summed E-state index contributed by atoms with van der Waals surface area (Å²) in [6, 6.07) is 0. The van der Waals surface area contributed by atoms with E-state index in [1.54, 1.807) is 12.2 Å². The van der Waals surface area contributed by atoms with Crippen LogP contribution in [0.15, 0.2) is 23.8 Å². The van der Waals surface area contributed by atoms with Crippen molar-refractivity contribution in [2.45, 2.75) is 52.1 Å². The Bertz CT molecular complexity index is 663. The summed E-state index contributed by atoms with van der Waals surface area (Å²) in [5.74, 6) is -0.224. The van der Waals surface area contributed by atoms with E-state index in [1.165, 1.54) is 0 Å². The molecule has 0 bridgehead atoms. The molecule has 3 fully saturated rings. The van der Waals surface area contributed by atoms with Gasteiger partial charge in [-0.2, -0.15) is 0 Å². The van der Waals surface area contributed by atoms with Crippen LogP contribution in [-0.4, -0.2) is 28.1 Å². The van der Waals surface area contributed by atoms with Gasteiger partial charge >= 0.3 is 5.97 Å². The Labute approximate surface area is 142 Å². The molecule has 0 spiro atoms. The number of carboxylic acids is 1. The third-order valence-electron chi connectivity index (χ3n) is 7.79. The lowest BCUT2D eigenvalue weighted by Crippen LogP contribution is -2.56. The van der Waals surface area contributed by atoms with Gasteiger partial charge in [-0.3, -0.25) is 9.59 Å². The van der Waals surface area contributed by atoms with Crippen molar-refractivity contribution in [3.8, 4) is 0 Å². The highest BCUT2D eigenvalue weighted by molar-refractivity contribution is 6.01. The maximum absolute atomic E-state index is 11.8. The highest BCUT2D eigenvalue weighted by atomic mass is 16.4. The van der Waals surface area contributed by atoms with Gasteiger partial charge in [-0.25, -0.2) is 0 Å². The number of fused-ring (bicyclic) bond motifs is 5. The molecule has 0 aromatic heterocycles. The molecule has 130 valence electrons. The number of ketones is 1. The van der Waals surface area contributed by atoms with E-state index in [1.807, 2.05) is 6.08 Å². The molecule has 4 aliphatic rings. The van der Waals surface area contributed by atoms with Crippen LogP contribution >= 0.6 is 0 Å². The van der Waals surface area contributed by atoms with E-state index in [0.717, 1.165) is 31.3 Å². The van der Waals surface area contributed by atoms with Crippen LogP contribution in [0.25, 0.3) is 0 Å². The quantitative estimate of drug-likeness (QED) is 0.775. The largest absolute Gasteiger partial charge is 0.481 e. The molecule has 0 aromatic rings. The highest BCUT2D eigenvalue weighted by Crippen LogP contribution is 2.65. The van der Waals surface area contributed by atoms with Crippen LogP contribution in [0.5, 0.6) is 0 Å². The lowest BCUT2D eigenvalue weighted by atomic mass is 9.47. The third-order valence-corrected chi connectivity index (χ3v) is 7.79. The number of allylic oxidation sites excluding steroid dienone is 4. The van der Waals surface area contributed by atoms with Gasteiger partial charge in [0, 0.05) is 11.3 Å². The van der Waals surface area contributed by atoms with Crippen molar-refractivity contribution in [3.05, 3.63) is 23.8 Å². The Balaban J connectivity index is 1.74. The van der Waals surface area contributed by atoms with Crippen molar-refractivity contribution in [2.75, 3.05) is 0 Å². The molecule has 4 aliphatic carbocycles. The minimum atomic E-state index is -0.712. The third kappa shape index (κ3) is 1.95. The standard InChI is InChI=1S/C20H26O4/c1-19-8-7-12(21)9-11(19)3-4-13-14-5-6-15(18(23)24)20(14,2)10-16(22)17(13)19/h7-9,13-17,22H,3-6,10H2,1-2H3,(H,23,24)/t13-,14-,15?,16?,17+,19-,20-/m0/s1. The summed E-state index contributed by atoms with van der Waals surface area (Å²) >= 11 is 0. The number of carbonyl (C=O) groups excluding carboxylic acids is 1. The number of hydrogen-bond acceptors (Lipinski definition) is 3. The van der Waals surface area contributed by atoms with Crippen molar-refractivity contribution < 1.29 is 19.8 Å². The molecule has 2 unspecified atom stereocenters.